The molecule has 1 aromatic rings. The van der Waals surface area contributed by atoms with Crippen LogP contribution in [0.3, 0.4) is 0 Å². The van der Waals surface area contributed by atoms with Crippen LogP contribution in [0.5, 0.6) is 0 Å². The lowest BCUT2D eigenvalue weighted by molar-refractivity contribution is 0.508. The number of rotatable bonds is 10. The highest BCUT2D eigenvalue weighted by Gasteiger charge is 2.08. The summed E-state index contributed by atoms with van der Waals surface area (Å²) in [5, 5.41) is 3.57. The van der Waals surface area contributed by atoms with Gasteiger partial charge in [-0.05, 0) is 44.9 Å². The molecule has 1 N–H and O–H groups in total. The standard InChI is InChI=1S/C17H30N2/c1-4-6-14-19(17-10-8-7-9-11-17)15-12-16(3)18-13-5-2/h7-11,16,18H,4-6,12-15H2,1-3H3. The number of unbranched alkanes of at least 4 members (excludes halogenated alkanes) is 1. The summed E-state index contributed by atoms with van der Waals surface area (Å²) in [5.74, 6) is 0. The van der Waals surface area contributed by atoms with Crippen LogP contribution in [0.2, 0.25) is 0 Å². The molecule has 0 saturated carbocycles. The van der Waals surface area contributed by atoms with Crippen LogP contribution < -0.4 is 10.2 Å². The van der Waals surface area contributed by atoms with Gasteiger partial charge in [-0.3, -0.25) is 0 Å². The van der Waals surface area contributed by atoms with Gasteiger partial charge in [-0.1, -0.05) is 38.5 Å². The van der Waals surface area contributed by atoms with Crippen LogP contribution in [-0.4, -0.2) is 25.7 Å². The third-order valence-electron chi connectivity index (χ3n) is 3.48. The molecule has 1 unspecified atom stereocenters. The molecule has 1 atom stereocenters. The van der Waals surface area contributed by atoms with Gasteiger partial charge in [-0.15, -0.1) is 0 Å². The van der Waals surface area contributed by atoms with Gasteiger partial charge in [0.25, 0.3) is 0 Å². The van der Waals surface area contributed by atoms with Crippen molar-refractivity contribution in [2.45, 2.75) is 52.5 Å². The molecule has 0 aliphatic carbocycles. The van der Waals surface area contributed by atoms with Gasteiger partial charge in [0.05, 0.1) is 0 Å². The normalized spacial score (nSPS) is 12.4. The number of nitrogens with one attached hydrogen (secondary N) is 1. The van der Waals surface area contributed by atoms with Crippen molar-refractivity contribution in [1.82, 2.24) is 5.32 Å². The zero-order valence-corrected chi connectivity index (χ0v) is 12.9. The third kappa shape index (κ3) is 6.63. The molecule has 0 radical (unpaired) electrons. The van der Waals surface area contributed by atoms with E-state index in [1.807, 2.05) is 0 Å². The van der Waals surface area contributed by atoms with E-state index < -0.39 is 0 Å². The highest BCUT2D eigenvalue weighted by molar-refractivity contribution is 5.45. The SMILES string of the molecule is CCCCN(CCC(C)NCCC)c1ccccc1. The minimum absolute atomic E-state index is 0.604. The molecule has 0 aromatic heterocycles. The fraction of sp³-hybridized carbons (Fsp3) is 0.647. The Morgan fingerprint density at radius 2 is 1.79 bits per heavy atom. The highest BCUT2D eigenvalue weighted by Crippen LogP contribution is 2.15. The van der Waals surface area contributed by atoms with Crippen molar-refractivity contribution in [1.29, 1.82) is 0 Å². The van der Waals surface area contributed by atoms with Crippen LogP contribution in [0.4, 0.5) is 5.69 Å². The van der Waals surface area contributed by atoms with Gasteiger partial charge in [0.2, 0.25) is 0 Å². The fourth-order valence-electron chi connectivity index (χ4n) is 2.20. The van der Waals surface area contributed by atoms with E-state index in [4.69, 9.17) is 0 Å². The highest BCUT2D eigenvalue weighted by atomic mass is 15.1. The van der Waals surface area contributed by atoms with E-state index >= 15 is 0 Å². The first kappa shape index (κ1) is 16.0. The summed E-state index contributed by atoms with van der Waals surface area (Å²) in [6.07, 6.45) is 4.94. The molecule has 0 bridgehead atoms. The fourth-order valence-corrected chi connectivity index (χ4v) is 2.20. The van der Waals surface area contributed by atoms with Gasteiger partial charge in [0.1, 0.15) is 0 Å². The second-order valence-electron chi connectivity index (χ2n) is 5.32. The van der Waals surface area contributed by atoms with E-state index in [-0.39, 0.29) is 0 Å². The molecule has 0 spiro atoms. The first-order valence-corrected chi connectivity index (χ1v) is 7.81. The van der Waals surface area contributed by atoms with Crippen molar-refractivity contribution in [2.75, 3.05) is 24.5 Å². The molecule has 1 rings (SSSR count). The quantitative estimate of drug-likeness (QED) is 0.684. The summed E-state index contributed by atoms with van der Waals surface area (Å²) >= 11 is 0. The Bertz CT molecular complexity index is 310. The summed E-state index contributed by atoms with van der Waals surface area (Å²) in [6.45, 7) is 10.2. The third-order valence-corrected chi connectivity index (χ3v) is 3.48. The summed E-state index contributed by atoms with van der Waals surface area (Å²) in [4.78, 5) is 2.52. The lowest BCUT2D eigenvalue weighted by Crippen LogP contribution is -2.33. The maximum absolute atomic E-state index is 3.57. The number of para-hydroxylation sites is 1. The van der Waals surface area contributed by atoms with Gasteiger partial charge in [0.15, 0.2) is 0 Å². The van der Waals surface area contributed by atoms with Gasteiger partial charge in [-0.25, -0.2) is 0 Å². The Morgan fingerprint density at radius 3 is 2.42 bits per heavy atom. The Morgan fingerprint density at radius 1 is 1.05 bits per heavy atom. The maximum Gasteiger partial charge on any atom is 0.0366 e. The Hall–Kier alpha value is -1.02. The number of nitrogens with zero attached hydrogens (tertiary/aromatic N) is 1. The maximum atomic E-state index is 3.57. The van der Waals surface area contributed by atoms with Crippen molar-refractivity contribution < 1.29 is 0 Å². The number of anilines is 1. The van der Waals surface area contributed by atoms with Gasteiger partial charge in [0, 0.05) is 24.8 Å². The topological polar surface area (TPSA) is 15.3 Å². The van der Waals surface area contributed by atoms with Crippen LogP contribution in [-0.2, 0) is 0 Å². The molecule has 108 valence electrons. The van der Waals surface area contributed by atoms with E-state index in [2.05, 4.69) is 61.3 Å². The van der Waals surface area contributed by atoms with Gasteiger partial charge >= 0.3 is 0 Å². The van der Waals surface area contributed by atoms with Crippen molar-refractivity contribution in [3.63, 3.8) is 0 Å². The van der Waals surface area contributed by atoms with Gasteiger partial charge in [-0.2, -0.15) is 0 Å². The summed E-state index contributed by atoms with van der Waals surface area (Å²) in [5.41, 5.74) is 1.36. The van der Waals surface area contributed by atoms with Crippen LogP contribution in [0.25, 0.3) is 0 Å². The van der Waals surface area contributed by atoms with Crippen molar-refractivity contribution in [2.24, 2.45) is 0 Å². The van der Waals surface area contributed by atoms with Gasteiger partial charge < -0.3 is 10.2 Å². The summed E-state index contributed by atoms with van der Waals surface area (Å²) < 4.78 is 0. The second-order valence-corrected chi connectivity index (χ2v) is 5.32. The average Bonchev–Trinajstić information content (AvgIpc) is 2.46. The molecule has 2 heteroatoms. The molecule has 1 aromatic carbocycles. The largest absolute Gasteiger partial charge is 0.371 e. The predicted octanol–water partition coefficient (Wildman–Crippen LogP) is 4.07. The molecular formula is C17H30N2. The zero-order chi connectivity index (χ0) is 13.9. The first-order valence-electron chi connectivity index (χ1n) is 7.81. The van der Waals surface area contributed by atoms with E-state index in [1.54, 1.807) is 0 Å². The smallest absolute Gasteiger partial charge is 0.0366 e. The van der Waals surface area contributed by atoms with Crippen LogP contribution >= 0.6 is 0 Å². The molecule has 0 aliphatic rings. The van der Waals surface area contributed by atoms with E-state index in [1.165, 1.54) is 37.9 Å². The van der Waals surface area contributed by atoms with Crippen molar-refractivity contribution in [3.8, 4) is 0 Å². The second kappa shape index (κ2) is 9.85. The Balaban J connectivity index is 2.46. The molecule has 0 amide bonds. The van der Waals surface area contributed by atoms with Crippen LogP contribution in [0.1, 0.15) is 46.5 Å². The Labute approximate surface area is 119 Å². The lowest BCUT2D eigenvalue weighted by Gasteiger charge is -2.26. The van der Waals surface area contributed by atoms with Crippen LogP contribution in [0.15, 0.2) is 30.3 Å². The zero-order valence-electron chi connectivity index (χ0n) is 12.9. The lowest BCUT2D eigenvalue weighted by atomic mass is 10.2. The number of hydrogen-bond donors (Lipinski definition) is 1. The molecule has 0 heterocycles. The molecule has 2 nitrogen and oxygen atoms in total. The number of hydrogen-bond acceptors (Lipinski definition) is 2. The minimum Gasteiger partial charge on any atom is -0.371 e. The van der Waals surface area contributed by atoms with E-state index in [0.29, 0.717) is 6.04 Å². The monoisotopic (exact) mass is 262 g/mol. The minimum atomic E-state index is 0.604. The summed E-state index contributed by atoms with van der Waals surface area (Å²) in [7, 11) is 0. The van der Waals surface area contributed by atoms with Crippen molar-refractivity contribution in [3.05, 3.63) is 30.3 Å². The Kier molecular flexibility index (Phi) is 8.31. The summed E-state index contributed by atoms with van der Waals surface area (Å²) in [6, 6.07) is 11.4. The first-order chi connectivity index (χ1) is 9.27. The molecule has 0 saturated heterocycles. The van der Waals surface area contributed by atoms with E-state index in [9.17, 15) is 0 Å². The molecule has 19 heavy (non-hydrogen) atoms. The van der Waals surface area contributed by atoms with Crippen molar-refractivity contribution >= 4 is 5.69 Å². The number of benzene rings is 1. The predicted molar refractivity (Wildman–Crippen MR) is 85.9 cm³/mol. The molecule has 0 fully saturated rings. The molecule has 0 aliphatic heterocycles. The van der Waals surface area contributed by atoms with E-state index in [0.717, 1.165) is 13.1 Å². The van der Waals surface area contributed by atoms with Crippen LogP contribution in [0, 0.1) is 0 Å². The molecular weight excluding hydrogens is 232 g/mol. The average molecular weight is 262 g/mol.